The molecule has 0 unspecified atom stereocenters. The van der Waals surface area contributed by atoms with Crippen LogP contribution in [0.25, 0.3) is 0 Å². The van der Waals surface area contributed by atoms with E-state index in [1.165, 1.54) is 0 Å². The Labute approximate surface area is 440 Å². The molecule has 0 aromatic carbocycles. The number of carbonyl (C=O) groups is 1. The first-order valence-corrected chi connectivity index (χ1v) is 27.3. The number of aliphatic hydroxyl groups excluding tert-OH is 14. The normalized spacial score (nSPS) is 54.9. The summed E-state index contributed by atoms with van der Waals surface area (Å²) in [7, 11) is 0. The van der Waals surface area contributed by atoms with E-state index in [2.05, 4.69) is 13.8 Å². The van der Waals surface area contributed by atoms with Crippen molar-refractivity contribution >= 4 is 5.78 Å². The van der Waals surface area contributed by atoms with Gasteiger partial charge in [-0.1, -0.05) is 27.7 Å². The van der Waals surface area contributed by atoms with E-state index in [1.807, 2.05) is 13.8 Å². The molecule has 5 heterocycles. The highest BCUT2D eigenvalue weighted by Gasteiger charge is 2.71. The molecular weight excluding hydrogens is 1010 g/mol. The second kappa shape index (κ2) is 23.2. The Morgan fingerprint density at radius 2 is 1.12 bits per heavy atom. The molecule has 0 radical (unpaired) electrons. The van der Waals surface area contributed by atoms with Crippen molar-refractivity contribution in [1.82, 2.24) is 0 Å². The summed E-state index contributed by atoms with van der Waals surface area (Å²) in [5.74, 6) is -1.83. The quantitative estimate of drug-likeness (QED) is 0.0645. The molecule has 25 heteroatoms. The molecule has 9 fully saturated rings. The summed E-state index contributed by atoms with van der Waals surface area (Å²) in [4.78, 5) is 14.9. The minimum Gasteiger partial charge on any atom is -0.394 e. The van der Waals surface area contributed by atoms with Gasteiger partial charge in [-0.25, -0.2) is 0 Å². The average Bonchev–Trinajstić information content (AvgIpc) is 3.90. The number of ketones is 1. The van der Waals surface area contributed by atoms with E-state index in [9.17, 15) is 81.4 Å². The molecule has 0 spiro atoms. The molecule has 0 amide bonds. The van der Waals surface area contributed by atoms with Crippen molar-refractivity contribution in [3.05, 3.63) is 0 Å². The van der Waals surface area contributed by atoms with Gasteiger partial charge in [-0.15, -0.1) is 0 Å². The number of fused-ring (bicyclic) bond motifs is 7. The number of ether oxygens (including phenoxy) is 9. The maximum atomic E-state index is 14.9. The molecule has 4 saturated carbocycles. The maximum absolute atomic E-state index is 14.9. The third-order valence-electron chi connectivity index (χ3n) is 20.0. The van der Waals surface area contributed by atoms with Crippen LogP contribution in [0.1, 0.15) is 85.5 Å². The molecule has 5 saturated heterocycles. The average molecular weight is 1100 g/mol. The van der Waals surface area contributed by atoms with Gasteiger partial charge >= 0.3 is 0 Å². The Morgan fingerprint density at radius 1 is 0.605 bits per heavy atom. The monoisotopic (exact) mass is 1100 g/mol. The van der Waals surface area contributed by atoms with E-state index in [1.54, 1.807) is 0 Å². The molecule has 9 rings (SSSR count). The Hall–Kier alpha value is -1.29. The van der Waals surface area contributed by atoms with E-state index in [-0.39, 0.29) is 71.8 Å². The van der Waals surface area contributed by atoms with Crippen LogP contribution in [-0.2, 0) is 47.4 Å². The molecule has 32 atom stereocenters. The fraction of sp³-hybridized carbons (Fsp3) is 0.980. The van der Waals surface area contributed by atoms with Crippen LogP contribution in [0.4, 0.5) is 0 Å². The van der Waals surface area contributed by atoms with Gasteiger partial charge < -0.3 is 119 Å². The minimum absolute atomic E-state index is 0.0109. The smallest absolute Gasteiger partial charge is 0.187 e. The summed E-state index contributed by atoms with van der Waals surface area (Å²) in [6.07, 6.45) is -28.6. The van der Waals surface area contributed by atoms with Gasteiger partial charge in [0.05, 0.1) is 45.2 Å². The van der Waals surface area contributed by atoms with Crippen molar-refractivity contribution in [2.75, 3.05) is 33.0 Å². The summed E-state index contributed by atoms with van der Waals surface area (Å²) >= 11 is 0. The largest absolute Gasteiger partial charge is 0.394 e. The molecule has 25 nitrogen and oxygen atoms in total. The fourth-order valence-electron chi connectivity index (χ4n) is 15.3. The van der Waals surface area contributed by atoms with Gasteiger partial charge in [0, 0.05) is 30.1 Å². The molecular formula is C51H84O25. The van der Waals surface area contributed by atoms with Gasteiger partial charge in [-0.3, -0.25) is 4.79 Å². The van der Waals surface area contributed by atoms with Crippen LogP contribution in [0.15, 0.2) is 0 Å². The summed E-state index contributed by atoms with van der Waals surface area (Å²) in [6.45, 7) is 5.28. The van der Waals surface area contributed by atoms with E-state index in [0.717, 1.165) is 12.8 Å². The van der Waals surface area contributed by atoms with Crippen LogP contribution in [0.5, 0.6) is 0 Å². The minimum atomic E-state index is -1.93. The number of hydrogen-bond acceptors (Lipinski definition) is 25. The number of aliphatic hydroxyl groups is 15. The predicted molar refractivity (Wildman–Crippen MR) is 252 cm³/mol. The Kier molecular flexibility index (Phi) is 18.1. The van der Waals surface area contributed by atoms with Crippen molar-refractivity contribution in [3.8, 4) is 0 Å². The number of rotatable bonds is 16. The first-order chi connectivity index (χ1) is 35.9. The summed E-state index contributed by atoms with van der Waals surface area (Å²) in [5.41, 5.74) is -1.04. The first-order valence-electron chi connectivity index (χ1n) is 27.3. The van der Waals surface area contributed by atoms with Crippen molar-refractivity contribution in [2.24, 2.45) is 52.3 Å². The first kappa shape index (κ1) is 59.3. The second-order valence-electron chi connectivity index (χ2n) is 24.1. The molecule has 9 aliphatic rings. The van der Waals surface area contributed by atoms with Crippen LogP contribution in [0, 0.1) is 52.3 Å². The zero-order valence-electron chi connectivity index (χ0n) is 43.4. The molecule has 0 aromatic rings. The summed E-state index contributed by atoms with van der Waals surface area (Å²) in [6, 6.07) is 0. The Morgan fingerprint density at radius 3 is 1.68 bits per heavy atom. The molecule has 76 heavy (non-hydrogen) atoms. The molecule has 4 aliphatic carbocycles. The van der Waals surface area contributed by atoms with Crippen molar-refractivity contribution in [1.29, 1.82) is 0 Å². The topological polar surface area (TPSA) is 404 Å². The zero-order valence-corrected chi connectivity index (χ0v) is 43.4. The summed E-state index contributed by atoms with van der Waals surface area (Å²) < 4.78 is 54.3. The predicted octanol–water partition coefficient (Wildman–Crippen LogP) is -4.78. The molecule has 438 valence electrons. The highest BCUT2D eigenvalue weighted by atomic mass is 16.8. The highest BCUT2D eigenvalue weighted by molar-refractivity contribution is 5.87. The Balaban J connectivity index is 0.866. The lowest BCUT2D eigenvalue weighted by atomic mass is 9.44. The highest BCUT2D eigenvalue weighted by Crippen LogP contribution is 2.70. The van der Waals surface area contributed by atoms with Crippen LogP contribution in [-0.4, -0.2) is 256 Å². The lowest BCUT2D eigenvalue weighted by molar-refractivity contribution is -0.396. The van der Waals surface area contributed by atoms with E-state index >= 15 is 0 Å². The molecule has 5 aliphatic heterocycles. The van der Waals surface area contributed by atoms with Gasteiger partial charge in [0.2, 0.25) is 0 Å². The second-order valence-corrected chi connectivity index (χ2v) is 24.1. The molecule has 0 bridgehead atoms. The summed E-state index contributed by atoms with van der Waals surface area (Å²) in [5, 5.41) is 159. The maximum Gasteiger partial charge on any atom is 0.187 e. The van der Waals surface area contributed by atoms with Crippen molar-refractivity contribution in [2.45, 2.75) is 226 Å². The van der Waals surface area contributed by atoms with Crippen LogP contribution in [0.3, 0.4) is 0 Å². The van der Waals surface area contributed by atoms with Gasteiger partial charge in [-0.05, 0) is 80.0 Å². The van der Waals surface area contributed by atoms with Gasteiger partial charge in [0.1, 0.15) is 103 Å². The van der Waals surface area contributed by atoms with E-state index < -0.39 is 167 Å². The van der Waals surface area contributed by atoms with Crippen LogP contribution >= 0.6 is 0 Å². The number of Topliss-reactive ketones (excluding diaryl/α,β-unsaturated/α-hetero) is 1. The third-order valence-corrected chi connectivity index (χ3v) is 20.0. The number of carbonyl (C=O) groups excluding carboxylic acids is 1. The van der Waals surface area contributed by atoms with E-state index in [0.29, 0.717) is 38.5 Å². The van der Waals surface area contributed by atoms with Gasteiger partial charge in [-0.2, -0.15) is 0 Å². The van der Waals surface area contributed by atoms with Crippen molar-refractivity contribution < 1.29 is 124 Å². The SMILES string of the molecule is C[C@H](CC[C@@]1(O)O[C@H]2C[C@H]3[C@@H]4CC[C@@H]5C[C@@H](O[C@@H]6O[C@H](CO)[C@H](O)[C@H](O[C@@H]7O[C@H](CO)[C@@H](O)[C@H](O)[C@H]7O)[C@H]6O[C@@H]6O[C@H](CO)[C@@H](O)[C@H](O)[C@H]6O)CC[C@]5(C)[C@H]4CC(=O)[C@]3(C)[C@H]2[C@@H]1C)CO[C@@H]1O[C@H](CO)[C@@H](O)[C@H](O)[C@H]1O. The lowest BCUT2D eigenvalue weighted by Gasteiger charge is -2.60. The van der Waals surface area contributed by atoms with Crippen LogP contribution < -0.4 is 0 Å². The van der Waals surface area contributed by atoms with Crippen LogP contribution in [0.2, 0.25) is 0 Å². The van der Waals surface area contributed by atoms with Gasteiger partial charge in [0.25, 0.3) is 0 Å². The third kappa shape index (κ3) is 10.4. The standard InChI is InChI=1S/C51H84O25/c1-19(18-68-45-40(64)37(61)33(57)27(14-52)70-45)7-10-51(67)20(2)32-26(76-51)12-25-23-6-5-21-11-22(8-9-49(21,3)24(23)13-31(56)50(25,32)4)69-48-44(75-47-42(66)39(63)35(59)29(16-54)72-47)43(36(60)30(17-55)73-48)74-46-41(65)38(62)34(58)28(15-53)71-46/h19-30,32-48,52-55,57-67H,5-18H2,1-4H3/t19-,20+,21-,22+,23-,24+,25+,26+,27-,28-,29-,30-,32+,33-,34-,35-,36+,37+,38+,39+,40-,41-,42-,43+,44-,45-,46+,47+,48-,49+,50-,51-/m1/s1. The molecule has 0 aromatic heterocycles. The number of hydrogen-bond donors (Lipinski definition) is 15. The lowest BCUT2D eigenvalue weighted by Crippen LogP contribution is -2.67. The fourth-order valence-corrected chi connectivity index (χ4v) is 15.3. The molecule has 15 N–H and O–H groups in total. The zero-order chi connectivity index (χ0) is 55.1. The Bertz CT molecular complexity index is 1950. The van der Waals surface area contributed by atoms with E-state index in [4.69, 9.17) is 42.6 Å². The van der Waals surface area contributed by atoms with Crippen molar-refractivity contribution in [3.63, 3.8) is 0 Å². The van der Waals surface area contributed by atoms with Gasteiger partial charge in [0.15, 0.2) is 30.9 Å².